The summed E-state index contributed by atoms with van der Waals surface area (Å²) in [7, 11) is 0. The second-order valence-electron chi connectivity index (χ2n) is 7.66. The summed E-state index contributed by atoms with van der Waals surface area (Å²) < 4.78 is 0. The van der Waals surface area contributed by atoms with Gasteiger partial charge in [0.2, 0.25) is 0 Å². The number of amides is 2. The van der Waals surface area contributed by atoms with E-state index in [-0.39, 0.29) is 12.1 Å². The van der Waals surface area contributed by atoms with Gasteiger partial charge >= 0.3 is 6.03 Å². The van der Waals surface area contributed by atoms with Crippen molar-refractivity contribution in [1.82, 2.24) is 25.5 Å². The molecule has 146 valence electrons. The second kappa shape index (κ2) is 7.96. The summed E-state index contributed by atoms with van der Waals surface area (Å²) in [5.74, 6) is 1.07. The zero-order chi connectivity index (χ0) is 19.5. The maximum atomic E-state index is 12.4. The number of urea groups is 1. The van der Waals surface area contributed by atoms with E-state index in [2.05, 4.69) is 37.7 Å². The Balaban J connectivity index is 1.45. The molecule has 3 aromatic heterocycles. The third-order valence-corrected chi connectivity index (χ3v) is 5.57. The summed E-state index contributed by atoms with van der Waals surface area (Å²) in [4.78, 5) is 21.0. The standard InChI is InChI=1S/C21H26N6O/c1-13-10-16(8-9-22-13)20-17-12-23-19(11-18(17)26-27-20)25-21(28)24-14(2)15-6-4-3-5-7-15/h8-12,14-15H,3-7H2,1-2H3,(H,26,27)(H2,23,24,25,28)/t14-/m1/s1. The van der Waals surface area contributed by atoms with Crippen molar-refractivity contribution in [3.63, 3.8) is 0 Å². The van der Waals surface area contributed by atoms with Crippen LogP contribution in [-0.2, 0) is 0 Å². The van der Waals surface area contributed by atoms with E-state index < -0.39 is 0 Å². The molecule has 2 amide bonds. The normalized spacial score (nSPS) is 16.1. The van der Waals surface area contributed by atoms with E-state index in [9.17, 15) is 4.79 Å². The van der Waals surface area contributed by atoms with Gasteiger partial charge in [-0.2, -0.15) is 5.10 Å². The summed E-state index contributed by atoms with van der Waals surface area (Å²) in [5.41, 5.74) is 3.58. The number of hydrogen-bond donors (Lipinski definition) is 3. The summed E-state index contributed by atoms with van der Waals surface area (Å²) in [6.07, 6.45) is 9.72. The predicted molar refractivity (Wildman–Crippen MR) is 110 cm³/mol. The molecule has 1 fully saturated rings. The van der Waals surface area contributed by atoms with Crippen LogP contribution in [0.2, 0.25) is 0 Å². The lowest BCUT2D eigenvalue weighted by Crippen LogP contribution is -2.41. The highest BCUT2D eigenvalue weighted by molar-refractivity contribution is 5.95. The number of rotatable bonds is 4. The molecular formula is C21H26N6O. The number of carbonyl (C=O) groups is 1. The molecule has 0 saturated heterocycles. The summed E-state index contributed by atoms with van der Waals surface area (Å²) in [5, 5.41) is 14.3. The van der Waals surface area contributed by atoms with Crippen LogP contribution < -0.4 is 10.6 Å². The third-order valence-electron chi connectivity index (χ3n) is 5.57. The highest BCUT2D eigenvalue weighted by atomic mass is 16.2. The molecule has 0 aromatic carbocycles. The molecule has 28 heavy (non-hydrogen) atoms. The van der Waals surface area contributed by atoms with Crippen molar-refractivity contribution in [3.05, 3.63) is 36.3 Å². The van der Waals surface area contributed by atoms with Gasteiger partial charge in [-0.1, -0.05) is 19.3 Å². The van der Waals surface area contributed by atoms with Gasteiger partial charge in [-0.15, -0.1) is 0 Å². The Hall–Kier alpha value is -2.96. The molecule has 0 bridgehead atoms. The van der Waals surface area contributed by atoms with E-state index in [0.717, 1.165) is 27.9 Å². The summed E-state index contributed by atoms with van der Waals surface area (Å²) in [6.45, 7) is 4.04. The Labute approximate surface area is 164 Å². The van der Waals surface area contributed by atoms with Gasteiger partial charge in [0, 0.05) is 41.1 Å². The Kier molecular flexibility index (Phi) is 5.23. The van der Waals surface area contributed by atoms with Gasteiger partial charge in [-0.25, -0.2) is 9.78 Å². The lowest BCUT2D eigenvalue weighted by Gasteiger charge is -2.28. The van der Waals surface area contributed by atoms with Gasteiger partial charge in [-0.05, 0) is 44.7 Å². The minimum Gasteiger partial charge on any atom is -0.335 e. The van der Waals surface area contributed by atoms with E-state index >= 15 is 0 Å². The predicted octanol–water partition coefficient (Wildman–Crippen LogP) is 4.42. The molecule has 4 rings (SSSR count). The average Bonchev–Trinajstić information content (AvgIpc) is 3.12. The smallest absolute Gasteiger partial charge is 0.320 e. The molecule has 1 atom stereocenters. The lowest BCUT2D eigenvalue weighted by molar-refractivity contribution is 0.235. The first kappa shape index (κ1) is 18.4. The fraction of sp³-hybridized carbons (Fsp3) is 0.429. The molecule has 1 saturated carbocycles. The molecule has 0 aliphatic heterocycles. The molecule has 0 unspecified atom stereocenters. The molecule has 7 nitrogen and oxygen atoms in total. The molecule has 3 N–H and O–H groups in total. The number of aryl methyl sites for hydroxylation is 1. The maximum absolute atomic E-state index is 12.4. The largest absolute Gasteiger partial charge is 0.335 e. The van der Waals surface area contributed by atoms with E-state index in [1.165, 1.54) is 32.1 Å². The van der Waals surface area contributed by atoms with E-state index in [4.69, 9.17) is 0 Å². The Bertz CT molecular complexity index is 976. The van der Waals surface area contributed by atoms with Crippen LogP contribution >= 0.6 is 0 Å². The van der Waals surface area contributed by atoms with Crippen LogP contribution in [0.3, 0.4) is 0 Å². The molecule has 0 spiro atoms. The van der Waals surface area contributed by atoms with Crippen LogP contribution in [0.25, 0.3) is 22.2 Å². The topological polar surface area (TPSA) is 95.6 Å². The molecule has 3 heterocycles. The number of aromatic nitrogens is 4. The zero-order valence-electron chi connectivity index (χ0n) is 16.3. The van der Waals surface area contributed by atoms with Crippen molar-refractivity contribution >= 4 is 22.8 Å². The van der Waals surface area contributed by atoms with Crippen LogP contribution in [0, 0.1) is 12.8 Å². The van der Waals surface area contributed by atoms with Crippen LogP contribution in [0.15, 0.2) is 30.6 Å². The first-order valence-corrected chi connectivity index (χ1v) is 9.95. The van der Waals surface area contributed by atoms with E-state index in [1.54, 1.807) is 12.4 Å². The number of carbonyl (C=O) groups excluding carboxylic acids is 1. The highest BCUT2D eigenvalue weighted by Gasteiger charge is 2.21. The zero-order valence-corrected chi connectivity index (χ0v) is 16.3. The number of pyridine rings is 2. The van der Waals surface area contributed by atoms with Crippen molar-refractivity contribution in [3.8, 4) is 11.3 Å². The minimum atomic E-state index is -0.213. The number of fused-ring (bicyclic) bond motifs is 1. The van der Waals surface area contributed by atoms with Crippen LogP contribution in [-0.4, -0.2) is 32.2 Å². The van der Waals surface area contributed by atoms with Crippen LogP contribution in [0.5, 0.6) is 0 Å². The Morgan fingerprint density at radius 2 is 2.04 bits per heavy atom. The van der Waals surface area contributed by atoms with Crippen LogP contribution in [0.4, 0.5) is 10.6 Å². The van der Waals surface area contributed by atoms with Gasteiger partial charge in [0.1, 0.15) is 11.5 Å². The van der Waals surface area contributed by atoms with Gasteiger partial charge in [0.15, 0.2) is 0 Å². The van der Waals surface area contributed by atoms with Crippen molar-refractivity contribution < 1.29 is 4.79 Å². The number of hydrogen-bond acceptors (Lipinski definition) is 4. The van der Waals surface area contributed by atoms with Gasteiger partial charge in [0.25, 0.3) is 0 Å². The second-order valence-corrected chi connectivity index (χ2v) is 7.66. The van der Waals surface area contributed by atoms with Crippen molar-refractivity contribution in [1.29, 1.82) is 0 Å². The van der Waals surface area contributed by atoms with E-state index in [1.807, 2.05) is 25.1 Å². The molecule has 0 radical (unpaired) electrons. The third kappa shape index (κ3) is 3.98. The monoisotopic (exact) mass is 378 g/mol. The summed E-state index contributed by atoms with van der Waals surface area (Å²) in [6, 6.07) is 5.67. The number of H-pyrrole nitrogens is 1. The number of aromatic amines is 1. The van der Waals surface area contributed by atoms with Crippen LogP contribution in [0.1, 0.15) is 44.7 Å². The Morgan fingerprint density at radius 1 is 1.21 bits per heavy atom. The number of anilines is 1. The molecule has 1 aliphatic carbocycles. The molecule has 7 heteroatoms. The fourth-order valence-corrected chi connectivity index (χ4v) is 4.01. The van der Waals surface area contributed by atoms with Gasteiger partial charge in [0.05, 0.1) is 5.52 Å². The maximum Gasteiger partial charge on any atom is 0.320 e. The lowest BCUT2D eigenvalue weighted by atomic mass is 9.85. The first-order chi connectivity index (χ1) is 13.6. The molecule has 3 aromatic rings. The van der Waals surface area contributed by atoms with Gasteiger partial charge in [-0.3, -0.25) is 15.4 Å². The molecular weight excluding hydrogens is 352 g/mol. The Morgan fingerprint density at radius 3 is 2.82 bits per heavy atom. The minimum absolute atomic E-state index is 0.165. The average molecular weight is 378 g/mol. The van der Waals surface area contributed by atoms with Crippen molar-refractivity contribution in [2.45, 2.75) is 52.0 Å². The van der Waals surface area contributed by atoms with Gasteiger partial charge < -0.3 is 5.32 Å². The number of nitrogens with one attached hydrogen (secondary N) is 3. The SMILES string of the molecule is Cc1cc(-c2n[nH]c3cc(NC(=O)N[C@H](C)C4CCCCC4)ncc23)ccn1. The number of nitrogens with zero attached hydrogens (tertiary/aromatic N) is 3. The van der Waals surface area contributed by atoms with Crippen molar-refractivity contribution in [2.75, 3.05) is 5.32 Å². The van der Waals surface area contributed by atoms with E-state index in [0.29, 0.717) is 11.7 Å². The summed E-state index contributed by atoms with van der Waals surface area (Å²) >= 11 is 0. The highest BCUT2D eigenvalue weighted by Crippen LogP contribution is 2.28. The molecule has 1 aliphatic rings. The quantitative estimate of drug-likeness (QED) is 0.626. The van der Waals surface area contributed by atoms with Crippen molar-refractivity contribution in [2.24, 2.45) is 5.92 Å². The fourth-order valence-electron chi connectivity index (χ4n) is 4.01. The first-order valence-electron chi connectivity index (χ1n) is 9.95.